The predicted octanol–water partition coefficient (Wildman–Crippen LogP) is -1.31. The molecule has 0 heterocycles. The SMILES string of the molecule is [AlH3].[O]=[Zn].[Zn]. The van der Waals surface area contributed by atoms with E-state index in [-0.39, 0.29) is 55.1 Å². The van der Waals surface area contributed by atoms with Gasteiger partial charge in [0, 0.05) is 19.5 Å². The molecular formula is H3AlOZn2. The van der Waals surface area contributed by atoms with Crippen LogP contribution in [0.5, 0.6) is 0 Å². The summed E-state index contributed by atoms with van der Waals surface area (Å²) in [5.41, 5.74) is 0. The van der Waals surface area contributed by atoms with Crippen LogP contribution in [0.4, 0.5) is 0 Å². The van der Waals surface area contributed by atoms with Crippen LogP contribution in [0.3, 0.4) is 0 Å². The maximum atomic E-state index is 8.38. The van der Waals surface area contributed by atoms with Gasteiger partial charge in [-0.3, -0.25) is 0 Å². The van der Waals surface area contributed by atoms with Gasteiger partial charge in [-0.2, -0.15) is 0 Å². The summed E-state index contributed by atoms with van der Waals surface area (Å²) in [4.78, 5) is 0. The van der Waals surface area contributed by atoms with Crippen molar-refractivity contribution in [3.05, 3.63) is 0 Å². The van der Waals surface area contributed by atoms with Gasteiger partial charge in [0.2, 0.25) is 0 Å². The Kier molecular flexibility index (Phi) is 103. The molecule has 0 fully saturated rings. The summed E-state index contributed by atoms with van der Waals surface area (Å²) in [6, 6.07) is 0. The minimum absolute atomic E-state index is 0. The van der Waals surface area contributed by atoms with E-state index in [9.17, 15) is 0 Å². The largest absolute Gasteiger partial charge is 0 e. The van der Waals surface area contributed by atoms with Gasteiger partial charge in [-0.25, -0.2) is 0 Å². The molecule has 0 atom stereocenters. The zero-order valence-electron chi connectivity index (χ0n) is 1.82. The third-order valence-corrected chi connectivity index (χ3v) is 0. The first-order valence-corrected chi connectivity index (χ1v) is 1.50. The Bertz CT molecular complexity index is 6.00. The van der Waals surface area contributed by atoms with Crippen molar-refractivity contribution < 1.29 is 41.3 Å². The maximum absolute atomic E-state index is 8.38. The van der Waals surface area contributed by atoms with Gasteiger partial charge in [0.05, 0.1) is 0 Å². The van der Waals surface area contributed by atoms with Crippen molar-refractivity contribution in [2.45, 2.75) is 0 Å². The first-order valence-electron chi connectivity index (χ1n) is 0.289. The molecule has 0 unspecified atom stereocenters. The zero-order chi connectivity index (χ0) is 2.00. The van der Waals surface area contributed by atoms with E-state index in [1.807, 2.05) is 0 Å². The number of rotatable bonds is 0. The summed E-state index contributed by atoms with van der Waals surface area (Å²) >= 11 is 0.125. The van der Waals surface area contributed by atoms with Crippen LogP contribution in [0.2, 0.25) is 0 Å². The molecular weight excluding hydrogens is 174 g/mol. The van der Waals surface area contributed by atoms with Crippen LogP contribution in [0.1, 0.15) is 0 Å². The van der Waals surface area contributed by atoms with Crippen LogP contribution in [-0.2, 0) is 41.3 Å². The van der Waals surface area contributed by atoms with E-state index in [0.717, 1.165) is 0 Å². The minimum atomic E-state index is 0. The third-order valence-electron chi connectivity index (χ3n) is 0. The zero-order valence-corrected chi connectivity index (χ0v) is 7.76. The van der Waals surface area contributed by atoms with E-state index in [1.54, 1.807) is 0 Å². The van der Waals surface area contributed by atoms with Gasteiger partial charge < -0.3 is 0 Å². The van der Waals surface area contributed by atoms with E-state index >= 15 is 0 Å². The fraction of sp³-hybridized carbons (Fsp3) is 0. The molecule has 0 aliphatic rings. The average molecular weight is 177 g/mol. The molecule has 0 saturated carbocycles. The molecule has 4 heteroatoms. The summed E-state index contributed by atoms with van der Waals surface area (Å²) < 4.78 is 8.38. The Morgan fingerprint density at radius 3 is 1.25 bits per heavy atom. The summed E-state index contributed by atoms with van der Waals surface area (Å²) in [5.74, 6) is 0. The van der Waals surface area contributed by atoms with Crippen molar-refractivity contribution >= 4 is 17.4 Å². The van der Waals surface area contributed by atoms with Crippen LogP contribution in [0.25, 0.3) is 0 Å². The molecule has 0 radical (unpaired) electrons. The first-order chi connectivity index (χ1) is 1.00. The summed E-state index contributed by atoms with van der Waals surface area (Å²) in [5, 5.41) is 0. The normalized spacial score (nSPS) is 1.50. The minimum Gasteiger partial charge on any atom is 0 e. The van der Waals surface area contributed by atoms with Crippen molar-refractivity contribution in [3.63, 3.8) is 0 Å². The van der Waals surface area contributed by atoms with Gasteiger partial charge in [-0.05, 0) is 0 Å². The molecule has 0 saturated heterocycles. The van der Waals surface area contributed by atoms with E-state index < -0.39 is 0 Å². The second-order valence-corrected chi connectivity index (χ2v) is 0. The third kappa shape index (κ3) is 9.55. The molecule has 1 nitrogen and oxygen atoms in total. The van der Waals surface area contributed by atoms with E-state index in [1.165, 1.54) is 0 Å². The van der Waals surface area contributed by atoms with Crippen LogP contribution < -0.4 is 0 Å². The van der Waals surface area contributed by atoms with Crippen LogP contribution >= 0.6 is 0 Å². The number of hydrogen-bond donors (Lipinski definition) is 0. The van der Waals surface area contributed by atoms with E-state index in [0.29, 0.717) is 0 Å². The van der Waals surface area contributed by atoms with Crippen LogP contribution in [0, 0.1) is 0 Å². The molecule has 0 N–H and O–H groups in total. The molecule has 16 valence electrons. The van der Waals surface area contributed by atoms with Crippen molar-refractivity contribution in [2.24, 2.45) is 0 Å². The molecule has 0 aliphatic heterocycles. The smallest absolute Gasteiger partial charge is 0 e. The van der Waals surface area contributed by atoms with Crippen LogP contribution in [0.15, 0.2) is 0 Å². The predicted molar refractivity (Wildman–Crippen MR) is 10.6 cm³/mol. The van der Waals surface area contributed by atoms with Gasteiger partial charge >= 0.3 is 21.8 Å². The fourth-order valence-corrected chi connectivity index (χ4v) is 0. The second kappa shape index (κ2) is 23.5. The molecule has 0 bridgehead atoms. The molecule has 4 heavy (non-hydrogen) atoms. The summed E-state index contributed by atoms with van der Waals surface area (Å²) in [7, 11) is 0. The Labute approximate surface area is 58.4 Å². The van der Waals surface area contributed by atoms with E-state index in [4.69, 9.17) is 3.57 Å². The molecule has 0 spiro atoms. The first kappa shape index (κ1) is 17.6. The molecule has 0 amide bonds. The summed E-state index contributed by atoms with van der Waals surface area (Å²) in [6.45, 7) is 0. The Morgan fingerprint density at radius 1 is 1.25 bits per heavy atom. The van der Waals surface area contributed by atoms with Crippen molar-refractivity contribution in [1.29, 1.82) is 0 Å². The van der Waals surface area contributed by atoms with Gasteiger partial charge in [-0.15, -0.1) is 0 Å². The standard InChI is InChI=1S/Al.O.2Zn.3H. The number of hydrogen-bond acceptors (Lipinski definition) is 1. The van der Waals surface area contributed by atoms with Crippen molar-refractivity contribution in [1.82, 2.24) is 0 Å². The van der Waals surface area contributed by atoms with Gasteiger partial charge in [-0.1, -0.05) is 0 Å². The molecule has 0 aromatic carbocycles. The quantitative estimate of drug-likeness (QED) is 0.420. The average Bonchev–Trinajstić information content (AvgIpc) is 1.00. The monoisotopic (exact) mass is 174 g/mol. The Balaban J connectivity index is -0.00000000500. The van der Waals surface area contributed by atoms with Crippen LogP contribution in [-0.4, -0.2) is 17.4 Å². The maximum Gasteiger partial charge on any atom is 0 e. The molecule has 0 aromatic rings. The summed E-state index contributed by atoms with van der Waals surface area (Å²) in [6.07, 6.45) is 0. The van der Waals surface area contributed by atoms with Crippen molar-refractivity contribution in [2.75, 3.05) is 0 Å². The van der Waals surface area contributed by atoms with E-state index in [2.05, 4.69) is 0 Å². The molecule has 0 rings (SSSR count). The van der Waals surface area contributed by atoms with Gasteiger partial charge in [0.1, 0.15) is 0 Å². The van der Waals surface area contributed by atoms with Crippen molar-refractivity contribution in [3.8, 4) is 0 Å². The Hall–Kier alpha value is 1.58. The Morgan fingerprint density at radius 2 is 1.25 bits per heavy atom. The topological polar surface area (TPSA) is 17.1 Å². The van der Waals surface area contributed by atoms with Gasteiger partial charge in [0.15, 0.2) is 17.4 Å². The molecule has 0 aromatic heterocycles. The molecule has 0 aliphatic carbocycles. The van der Waals surface area contributed by atoms with Gasteiger partial charge in [0.25, 0.3) is 0 Å². The fourth-order valence-electron chi connectivity index (χ4n) is 0. The second-order valence-electron chi connectivity index (χ2n) is 0.